The van der Waals surface area contributed by atoms with Crippen molar-refractivity contribution in [3.8, 4) is 0 Å². The maximum atomic E-state index is 13.9. The van der Waals surface area contributed by atoms with Crippen LogP contribution in [0.15, 0.2) is 60.9 Å². The molecule has 0 radical (unpaired) electrons. The lowest BCUT2D eigenvalue weighted by molar-refractivity contribution is 0.479. The first-order valence-corrected chi connectivity index (χ1v) is 6.93. The summed E-state index contributed by atoms with van der Waals surface area (Å²) in [4.78, 5) is 4.18. The number of hydrogen-bond acceptors (Lipinski definition) is 2. The Kier molecular flexibility index (Phi) is 3.43. The molecule has 1 heterocycles. The van der Waals surface area contributed by atoms with Gasteiger partial charge in [-0.05, 0) is 42.0 Å². The average Bonchev–Trinajstić information content (AvgIpc) is 2.49. The number of nitrogens with two attached hydrogens (primary N) is 1. The standard InChI is InChI=1S/C18H17FN2/c1-18(20,11-14-5-2-3-8-17(14)19)16-7-4-6-13-9-10-21-12-15(13)16/h2-10,12H,11,20H2,1H3. The average molecular weight is 280 g/mol. The molecule has 0 aliphatic rings. The molecule has 0 spiro atoms. The minimum absolute atomic E-state index is 0.215. The van der Waals surface area contributed by atoms with Crippen molar-refractivity contribution >= 4 is 10.8 Å². The molecule has 0 amide bonds. The molecule has 2 nitrogen and oxygen atoms in total. The van der Waals surface area contributed by atoms with Gasteiger partial charge in [0.05, 0.1) is 0 Å². The van der Waals surface area contributed by atoms with Crippen LogP contribution in [0, 0.1) is 5.82 Å². The van der Waals surface area contributed by atoms with Gasteiger partial charge in [0.1, 0.15) is 5.82 Å². The van der Waals surface area contributed by atoms with Crippen LogP contribution in [0.4, 0.5) is 4.39 Å². The van der Waals surface area contributed by atoms with Gasteiger partial charge in [-0.25, -0.2) is 4.39 Å². The third kappa shape index (κ3) is 2.65. The van der Waals surface area contributed by atoms with Crippen LogP contribution in [0.25, 0.3) is 10.8 Å². The molecule has 106 valence electrons. The second-order valence-electron chi connectivity index (χ2n) is 5.59. The zero-order valence-corrected chi connectivity index (χ0v) is 11.9. The van der Waals surface area contributed by atoms with Crippen LogP contribution in [-0.2, 0) is 12.0 Å². The molecule has 1 atom stereocenters. The van der Waals surface area contributed by atoms with E-state index in [9.17, 15) is 4.39 Å². The molecular weight excluding hydrogens is 263 g/mol. The number of pyridine rings is 1. The number of fused-ring (bicyclic) bond motifs is 1. The van der Waals surface area contributed by atoms with Crippen LogP contribution in [0.3, 0.4) is 0 Å². The van der Waals surface area contributed by atoms with Crippen molar-refractivity contribution in [1.29, 1.82) is 0 Å². The Morgan fingerprint density at radius 3 is 2.71 bits per heavy atom. The predicted octanol–water partition coefficient (Wildman–Crippen LogP) is 3.79. The molecule has 21 heavy (non-hydrogen) atoms. The summed E-state index contributed by atoms with van der Waals surface area (Å²) in [7, 11) is 0. The molecule has 0 saturated heterocycles. The van der Waals surface area contributed by atoms with E-state index in [0.29, 0.717) is 12.0 Å². The summed E-state index contributed by atoms with van der Waals surface area (Å²) in [5.41, 5.74) is 7.46. The van der Waals surface area contributed by atoms with Gasteiger partial charge in [0.2, 0.25) is 0 Å². The van der Waals surface area contributed by atoms with Gasteiger partial charge < -0.3 is 5.73 Å². The van der Waals surface area contributed by atoms with Crippen LogP contribution >= 0.6 is 0 Å². The van der Waals surface area contributed by atoms with Gasteiger partial charge in [-0.2, -0.15) is 0 Å². The zero-order chi connectivity index (χ0) is 14.9. The predicted molar refractivity (Wildman–Crippen MR) is 83.4 cm³/mol. The van der Waals surface area contributed by atoms with Gasteiger partial charge in [-0.15, -0.1) is 0 Å². The van der Waals surface area contributed by atoms with Gasteiger partial charge >= 0.3 is 0 Å². The largest absolute Gasteiger partial charge is 0.321 e. The smallest absolute Gasteiger partial charge is 0.126 e. The molecule has 0 saturated carbocycles. The van der Waals surface area contributed by atoms with E-state index in [0.717, 1.165) is 16.3 Å². The Morgan fingerprint density at radius 2 is 1.90 bits per heavy atom. The molecule has 2 aromatic carbocycles. The van der Waals surface area contributed by atoms with E-state index in [1.807, 2.05) is 43.5 Å². The third-order valence-electron chi connectivity index (χ3n) is 3.81. The van der Waals surface area contributed by atoms with E-state index in [-0.39, 0.29) is 5.82 Å². The van der Waals surface area contributed by atoms with Gasteiger partial charge in [-0.3, -0.25) is 4.98 Å². The minimum Gasteiger partial charge on any atom is -0.321 e. The summed E-state index contributed by atoms with van der Waals surface area (Å²) in [5, 5.41) is 2.11. The second kappa shape index (κ2) is 5.26. The van der Waals surface area contributed by atoms with E-state index >= 15 is 0 Å². The second-order valence-corrected chi connectivity index (χ2v) is 5.59. The number of halogens is 1. The van der Waals surface area contributed by atoms with Crippen molar-refractivity contribution in [2.75, 3.05) is 0 Å². The van der Waals surface area contributed by atoms with Crippen LogP contribution < -0.4 is 5.73 Å². The van der Waals surface area contributed by atoms with Crippen LogP contribution in [0.2, 0.25) is 0 Å². The Balaban J connectivity index is 2.06. The molecule has 0 bridgehead atoms. The van der Waals surface area contributed by atoms with E-state index in [4.69, 9.17) is 5.73 Å². The maximum Gasteiger partial charge on any atom is 0.126 e. The molecule has 2 N–H and O–H groups in total. The van der Waals surface area contributed by atoms with E-state index in [1.54, 1.807) is 18.3 Å². The van der Waals surface area contributed by atoms with Crippen molar-refractivity contribution < 1.29 is 4.39 Å². The summed E-state index contributed by atoms with van der Waals surface area (Å²) in [5.74, 6) is -0.215. The third-order valence-corrected chi connectivity index (χ3v) is 3.81. The van der Waals surface area contributed by atoms with Crippen molar-refractivity contribution in [3.05, 3.63) is 77.9 Å². The highest BCUT2D eigenvalue weighted by molar-refractivity contribution is 5.85. The summed E-state index contributed by atoms with van der Waals surface area (Å²) in [6.07, 6.45) is 4.02. The van der Waals surface area contributed by atoms with Crippen LogP contribution in [0.5, 0.6) is 0 Å². The molecule has 1 unspecified atom stereocenters. The first-order valence-electron chi connectivity index (χ1n) is 6.93. The van der Waals surface area contributed by atoms with Crippen molar-refractivity contribution in [2.24, 2.45) is 5.73 Å². The lowest BCUT2D eigenvalue weighted by Crippen LogP contribution is -2.36. The summed E-state index contributed by atoms with van der Waals surface area (Å²) >= 11 is 0. The molecule has 0 fully saturated rings. The first-order chi connectivity index (χ1) is 10.1. The van der Waals surface area contributed by atoms with Crippen molar-refractivity contribution in [2.45, 2.75) is 18.9 Å². The Hall–Kier alpha value is -2.26. The number of rotatable bonds is 3. The van der Waals surface area contributed by atoms with Crippen molar-refractivity contribution in [3.63, 3.8) is 0 Å². The fourth-order valence-electron chi connectivity index (χ4n) is 2.74. The fourth-order valence-corrected chi connectivity index (χ4v) is 2.74. The molecule has 3 heteroatoms. The summed E-state index contributed by atoms with van der Waals surface area (Å²) in [6, 6.07) is 14.7. The van der Waals surface area contributed by atoms with E-state index in [2.05, 4.69) is 4.98 Å². The van der Waals surface area contributed by atoms with Gasteiger partial charge in [0.25, 0.3) is 0 Å². The highest BCUT2D eigenvalue weighted by Crippen LogP contribution is 2.29. The summed E-state index contributed by atoms with van der Waals surface area (Å²) < 4.78 is 13.9. The molecule has 3 aromatic rings. The molecule has 1 aromatic heterocycles. The number of hydrogen-bond donors (Lipinski definition) is 1. The zero-order valence-electron chi connectivity index (χ0n) is 11.9. The molecule has 0 aliphatic carbocycles. The van der Waals surface area contributed by atoms with Crippen LogP contribution in [0.1, 0.15) is 18.1 Å². The summed E-state index contributed by atoms with van der Waals surface area (Å²) in [6.45, 7) is 1.93. The van der Waals surface area contributed by atoms with Gasteiger partial charge in [0.15, 0.2) is 0 Å². The number of aromatic nitrogens is 1. The Morgan fingerprint density at radius 1 is 1.10 bits per heavy atom. The van der Waals surface area contributed by atoms with Gasteiger partial charge in [-0.1, -0.05) is 36.4 Å². The SMILES string of the molecule is CC(N)(Cc1ccccc1F)c1cccc2ccncc12. The quantitative estimate of drug-likeness (QED) is 0.792. The first kappa shape index (κ1) is 13.7. The number of benzene rings is 2. The fraction of sp³-hybridized carbons (Fsp3) is 0.167. The lowest BCUT2D eigenvalue weighted by atomic mass is 9.84. The van der Waals surface area contributed by atoms with Crippen molar-refractivity contribution in [1.82, 2.24) is 4.98 Å². The lowest BCUT2D eigenvalue weighted by Gasteiger charge is -2.27. The van der Waals surface area contributed by atoms with Crippen LogP contribution in [-0.4, -0.2) is 4.98 Å². The normalized spacial score (nSPS) is 14.0. The monoisotopic (exact) mass is 280 g/mol. The van der Waals surface area contributed by atoms with Gasteiger partial charge in [0, 0.05) is 23.3 Å². The Labute approximate surface area is 123 Å². The topological polar surface area (TPSA) is 38.9 Å². The van der Waals surface area contributed by atoms with E-state index in [1.165, 1.54) is 6.07 Å². The maximum absolute atomic E-state index is 13.9. The minimum atomic E-state index is -0.662. The van der Waals surface area contributed by atoms with E-state index < -0.39 is 5.54 Å². The Bertz CT molecular complexity index is 776. The highest BCUT2D eigenvalue weighted by atomic mass is 19.1. The molecular formula is C18H17FN2. The molecule has 3 rings (SSSR count). The molecule has 0 aliphatic heterocycles. The number of nitrogens with zero attached hydrogens (tertiary/aromatic N) is 1. The highest BCUT2D eigenvalue weighted by Gasteiger charge is 2.25.